The fourth-order valence-corrected chi connectivity index (χ4v) is 4.72. The molecule has 0 N–H and O–H groups in total. The lowest BCUT2D eigenvalue weighted by atomic mass is 10.1. The van der Waals surface area contributed by atoms with Crippen molar-refractivity contribution in [2.45, 2.75) is 11.7 Å². The van der Waals surface area contributed by atoms with Gasteiger partial charge in [0.15, 0.2) is 0 Å². The van der Waals surface area contributed by atoms with Gasteiger partial charge in [0.1, 0.15) is 5.82 Å². The Morgan fingerprint density at radius 3 is 2.81 bits per heavy atom. The van der Waals surface area contributed by atoms with Crippen molar-refractivity contribution in [3.8, 4) is 0 Å². The predicted molar refractivity (Wildman–Crippen MR) is 86.4 cm³/mol. The lowest BCUT2D eigenvalue weighted by Crippen LogP contribution is -2.33. The Labute approximate surface area is 132 Å². The van der Waals surface area contributed by atoms with Crippen LogP contribution >= 0.6 is 23.1 Å². The summed E-state index contributed by atoms with van der Waals surface area (Å²) in [5.41, 5.74) is 0.178. The summed E-state index contributed by atoms with van der Waals surface area (Å²) in [5, 5.41) is 2.53. The van der Waals surface area contributed by atoms with Gasteiger partial charge in [0.2, 0.25) is 0 Å². The van der Waals surface area contributed by atoms with Crippen LogP contribution in [0, 0.1) is 5.82 Å². The second kappa shape index (κ2) is 6.62. The molecule has 2 heterocycles. The Morgan fingerprint density at radius 2 is 2.05 bits per heavy atom. The molecule has 1 amide bonds. The zero-order chi connectivity index (χ0) is 14.7. The maximum atomic E-state index is 13.7. The van der Waals surface area contributed by atoms with Crippen molar-refractivity contribution < 1.29 is 9.18 Å². The molecule has 2 aromatic rings. The van der Waals surface area contributed by atoms with Gasteiger partial charge in [-0.3, -0.25) is 4.79 Å². The molecule has 0 spiro atoms. The van der Waals surface area contributed by atoms with E-state index in [0.717, 1.165) is 12.2 Å². The Balaban J connectivity index is 1.70. The van der Waals surface area contributed by atoms with Crippen molar-refractivity contribution in [2.24, 2.45) is 0 Å². The molecule has 1 aromatic heterocycles. The van der Waals surface area contributed by atoms with E-state index < -0.39 is 5.82 Å². The summed E-state index contributed by atoms with van der Waals surface area (Å²) in [4.78, 5) is 15.6. The molecular formula is C16H16FNOS2. The molecule has 1 saturated heterocycles. The molecule has 1 fully saturated rings. The first kappa shape index (κ1) is 14.6. The maximum absolute atomic E-state index is 13.7. The second-order valence-corrected chi connectivity index (χ2v) is 7.23. The minimum Gasteiger partial charge on any atom is -0.338 e. The van der Waals surface area contributed by atoms with Crippen molar-refractivity contribution in [2.75, 3.05) is 18.8 Å². The SMILES string of the molecule is O=C(c1ccccc1F)N1CCSC(c2cccs2)CC1. The number of hydrogen-bond acceptors (Lipinski definition) is 3. The van der Waals surface area contributed by atoms with Crippen molar-refractivity contribution in [3.63, 3.8) is 0 Å². The first-order chi connectivity index (χ1) is 10.3. The van der Waals surface area contributed by atoms with Crippen LogP contribution in [0.4, 0.5) is 4.39 Å². The Kier molecular flexibility index (Phi) is 4.60. The van der Waals surface area contributed by atoms with Crippen LogP contribution in [0.5, 0.6) is 0 Å². The maximum Gasteiger partial charge on any atom is 0.256 e. The number of carbonyl (C=O) groups is 1. The van der Waals surface area contributed by atoms with Gasteiger partial charge in [-0.05, 0) is 30.0 Å². The topological polar surface area (TPSA) is 20.3 Å². The average Bonchev–Trinajstić information content (AvgIpc) is 2.92. The second-order valence-electron chi connectivity index (χ2n) is 4.94. The molecule has 1 unspecified atom stereocenters. The van der Waals surface area contributed by atoms with Crippen LogP contribution < -0.4 is 0 Å². The molecule has 0 bridgehead atoms. The summed E-state index contributed by atoms with van der Waals surface area (Å²) in [6.07, 6.45) is 0.922. The Hall–Kier alpha value is -1.33. The monoisotopic (exact) mass is 321 g/mol. The van der Waals surface area contributed by atoms with Crippen LogP contribution in [0.15, 0.2) is 41.8 Å². The van der Waals surface area contributed by atoms with E-state index in [-0.39, 0.29) is 11.5 Å². The van der Waals surface area contributed by atoms with Crippen LogP contribution in [-0.4, -0.2) is 29.6 Å². The minimum atomic E-state index is -0.436. The lowest BCUT2D eigenvalue weighted by Gasteiger charge is -2.20. The van der Waals surface area contributed by atoms with E-state index in [1.807, 2.05) is 11.8 Å². The van der Waals surface area contributed by atoms with Gasteiger partial charge in [-0.2, -0.15) is 11.8 Å². The zero-order valence-corrected chi connectivity index (χ0v) is 13.1. The van der Waals surface area contributed by atoms with Gasteiger partial charge in [-0.1, -0.05) is 18.2 Å². The third-order valence-electron chi connectivity index (χ3n) is 3.59. The first-order valence-corrected chi connectivity index (χ1v) is 8.87. The molecule has 5 heteroatoms. The highest BCUT2D eigenvalue weighted by Crippen LogP contribution is 2.36. The molecule has 1 aromatic carbocycles. The molecule has 3 rings (SSSR count). The average molecular weight is 321 g/mol. The summed E-state index contributed by atoms with van der Waals surface area (Å²) in [6.45, 7) is 1.36. The standard InChI is InChI=1S/C16H16FNOS2/c17-13-5-2-1-4-12(13)16(19)18-8-7-15(21-11-9-18)14-6-3-10-20-14/h1-6,10,15H,7-9,11H2. The smallest absolute Gasteiger partial charge is 0.256 e. The van der Waals surface area contributed by atoms with E-state index in [1.54, 1.807) is 34.4 Å². The molecule has 1 aliphatic rings. The Bertz CT molecular complexity index is 614. The summed E-state index contributed by atoms with van der Waals surface area (Å²) >= 11 is 3.65. The van der Waals surface area contributed by atoms with E-state index in [2.05, 4.69) is 17.5 Å². The van der Waals surface area contributed by atoms with Crippen LogP contribution in [0.1, 0.15) is 26.9 Å². The molecule has 0 radical (unpaired) electrons. The quantitative estimate of drug-likeness (QED) is 0.826. The van der Waals surface area contributed by atoms with Crippen molar-refractivity contribution in [3.05, 3.63) is 58.0 Å². The minimum absolute atomic E-state index is 0.178. The van der Waals surface area contributed by atoms with Gasteiger partial charge in [0, 0.05) is 29.0 Å². The predicted octanol–water partition coefficient (Wildman–Crippen LogP) is 4.21. The number of amides is 1. The third kappa shape index (κ3) is 3.30. The van der Waals surface area contributed by atoms with E-state index in [9.17, 15) is 9.18 Å². The summed E-state index contributed by atoms with van der Waals surface area (Å²) in [6, 6.07) is 10.4. The number of thiophene rings is 1. The van der Waals surface area contributed by atoms with Gasteiger partial charge in [0.25, 0.3) is 5.91 Å². The summed E-state index contributed by atoms with van der Waals surface area (Å²) in [7, 11) is 0. The third-order valence-corrected chi connectivity index (χ3v) is 6.04. The van der Waals surface area contributed by atoms with Gasteiger partial charge >= 0.3 is 0 Å². The van der Waals surface area contributed by atoms with Crippen LogP contribution in [0.25, 0.3) is 0 Å². The molecule has 1 atom stereocenters. The molecule has 0 saturated carbocycles. The molecular weight excluding hydrogens is 305 g/mol. The summed E-state index contributed by atoms with van der Waals surface area (Å²) < 4.78 is 13.7. The molecule has 1 aliphatic heterocycles. The van der Waals surface area contributed by atoms with Crippen molar-refractivity contribution in [1.29, 1.82) is 0 Å². The zero-order valence-electron chi connectivity index (χ0n) is 11.5. The first-order valence-electron chi connectivity index (χ1n) is 6.94. The van der Waals surface area contributed by atoms with Gasteiger partial charge in [0.05, 0.1) is 5.56 Å². The largest absolute Gasteiger partial charge is 0.338 e. The highest BCUT2D eigenvalue weighted by Gasteiger charge is 2.24. The number of nitrogens with zero attached hydrogens (tertiary/aromatic N) is 1. The number of rotatable bonds is 2. The van der Waals surface area contributed by atoms with Crippen LogP contribution in [-0.2, 0) is 0 Å². The van der Waals surface area contributed by atoms with Crippen molar-refractivity contribution in [1.82, 2.24) is 4.90 Å². The lowest BCUT2D eigenvalue weighted by molar-refractivity contribution is 0.0762. The number of halogens is 1. The molecule has 21 heavy (non-hydrogen) atoms. The highest BCUT2D eigenvalue weighted by molar-refractivity contribution is 7.99. The van der Waals surface area contributed by atoms with Crippen LogP contribution in [0.3, 0.4) is 0 Å². The van der Waals surface area contributed by atoms with E-state index in [1.165, 1.54) is 10.9 Å². The summed E-state index contributed by atoms with van der Waals surface area (Å²) in [5.74, 6) is 0.262. The fraction of sp³-hybridized carbons (Fsp3) is 0.312. The van der Waals surface area contributed by atoms with E-state index in [0.29, 0.717) is 18.3 Å². The van der Waals surface area contributed by atoms with Gasteiger partial charge in [-0.25, -0.2) is 4.39 Å². The molecule has 0 aliphatic carbocycles. The number of benzene rings is 1. The fourth-order valence-electron chi connectivity index (χ4n) is 2.48. The Morgan fingerprint density at radius 1 is 1.19 bits per heavy atom. The molecule has 2 nitrogen and oxygen atoms in total. The number of carbonyl (C=O) groups excluding carboxylic acids is 1. The van der Waals surface area contributed by atoms with Crippen LogP contribution in [0.2, 0.25) is 0 Å². The van der Waals surface area contributed by atoms with Gasteiger partial charge in [-0.15, -0.1) is 11.3 Å². The number of hydrogen-bond donors (Lipinski definition) is 0. The highest BCUT2D eigenvalue weighted by atomic mass is 32.2. The van der Waals surface area contributed by atoms with Crippen molar-refractivity contribution >= 4 is 29.0 Å². The molecule has 110 valence electrons. The van der Waals surface area contributed by atoms with Gasteiger partial charge < -0.3 is 4.90 Å². The normalized spacial score (nSPS) is 19.3. The van der Waals surface area contributed by atoms with E-state index in [4.69, 9.17) is 0 Å². The van der Waals surface area contributed by atoms with E-state index >= 15 is 0 Å². The number of thioether (sulfide) groups is 1.